The Morgan fingerprint density at radius 1 is 0.964 bits per heavy atom. The Balaban J connectivity index is 1.86. The van der Waals surface area contributed by atoms with Crippen molar-refractivity contribution in [1.82, 2.24) is 5.43 Å². The molecule has 3 N–H and O–H groups in total. The number of aryl methyl sites for hydroxylation is 1. The van der Waals surface area contributed by atoms with Crippen molar-refractivity contribution in [3.05, 3.63) is 58.6 Å². The van der Waals surface area contributed by atoms with Gasteiger partial charge in [0.05, 0.1) is 6.42 Å². The van der Waals surface area contributed by atoms with Crippen molar-refractivity contribution in [1.29, 1.82) is 0 Å². The maximum atomic E-state index is 12.0. The standard InChI is InChI=1S/C20H21ClN4O3/c1-12-7-9-15(10-8-12)22-18(26)11-13(2)24-25-20(28)19(27)23-17-6-4-5-16(21)14(17)3/h4-10H,11H2,1-3H3,(H,22,26)(H,23,27)(H,25,28)/b24-13+. The van der Waals surface area contributed by atoms with E-state index in [0.29, 0.717) is 27.7 Å². The number of rotatable bonds is 5. The van der Waals surface area contributed by atoms with Gasteiger partial charge in [0.25, 0.3) is 0 Å². The lowest BCUT2D eigenvalue weighted by Gasteiger charge is -2.09. The molecule has 0 saturated carbocycles. The number of hydrazone groups is 1. The summed E-state index contributed by atoms with van der Waals surface area (Å²) in [4.78, 5) is 35.9. The second kappa shape index (κ2) is 9.66. The molecule has 0 spiro atoms. The van der Waals surface area contributed by atoms with Crippen LogP contribution in [0.3, 0.4) is 0 Å². The Bertz CT molecular complexity index is 924. The maximum Gasteiger partial charge on any atom is 0.329 e. The zero-order valence-corrected chi connectivity index (χ0v) is 16.6. The molecule has 0 aliphatic rings. The Hall–Kier alpha value is -3.19. The van der Waals surface area contributed by atoms with E-state index in [2.05, 4.69) is 21.2 Å². The summed E-state index contributed by atoms with van der Waals surface area (Å²) in [6.07, 6.45) is -0.0246. The lowest BCUT2D eigenvalue weighted by atomic mass is 10.2. The summed E-state index contributed by atoms with van der Waals surface area (Å²) < 4.78 is 0. The van der Waals surface area contributed by atoms with E-state index in [1.54, 1.807) is 44.2 Å². The van der Waals surface area contributed by atoms with Crippen LogP contribution in [0, 0.1) is 13.8 Å². The van der Waals surface area contributed by atoms with E-state index in [4.69, 9.17) is 11.6 Å². The molecular formula is C20H21ClN4O3. The monoisotopic (exact) mass is 400 g/mol. The van der Waals surface area contributed by atoms with Gasteiger partial charge in [0.1, 0.15) is 0 Å². The smallest absolute Gasteiger partial charge is 0.326 e. The number of nitrogens with one attached hydrogen (secondary N) is 3. The van der Waals surface area contributed by atoms with Crippen LogP contribution in [-0.4, -0.2) is 23.4 Å². The molecule has 7 nitrogen and oxygen atoms in total. The molecule has 0 atom stereocenters. The molecular weight excluding hydrogens is 380 g/mol. The minimum absolute atomic E-state index is 0.0246. The first kappa shape index (κ1) is 21.1. The molecule has 0 saturated heterocycles. The van der Waals surface area contributed by atoms with Crippen molar-refractivity contribution >= 4 is 46.4 Å². The summed E-state index contributed by atoms with van der Waals surface area (Å²) in [5.41, 5.74) is 5.33. The van der Waals surface area contributed by atoms with Gasteiger partial charge in [-0.05, 0) is 50.6 Å². The van der Waals surface area contributed by atoms with Crippen LogP contribution in [-0.2, 0) is 14.4 Å². The Kier molecular flexibility index (Phi) is 7.28. The number of nitrogens with zero attached hydrogens (tertiary/aromatic N) is 1. The fourth-order valence-electron chi connectivity index (χ4n) is 2.23. The molecule has 0 aromatic heterocycles. The molecule has 0 aliphatic carbocycles. The molecule has 0 unspecified atom stereocenters. The number of carbonyl (C=O) groups is 3. The third-order valence-electron chi connectivity index (χ3n) is 3.82. The number of benzene rings is 2. The van der Waals surface area contributed by atoms with E-state index in [9.17, 15) is 14.4 Å². The SMILES string of the molecule is C/C(CC(=O)Nc1ccc(C)cc1)=N\NC(=O)C(=O)Nc1cccc(Cl)c1C. The average Bonchev–Trinajstić information content (AvgIpc) is 2.65. The van der Waals surface area contributed by atoms with Gasteiger partial charge in [-0.2, -0.15) is 5.10 Å². The normalized spacial score (nSPS) is 10.9. The molecule has 0 bridgehead atoms. The first-order valence-electron chi connectivity index (χ1n) is 8.52. The van der Waals surface area contributed by atoms with Crippen LogP contribution in [0.4, 0.5) is 11.4 Å². The summed E-state index contributed by atoms with van der Waals surface area (Å²) in [7, 11) is 0. The van der Waals surface area contributed by atoms with Crippen LogP contribution in [0.1, 0.15) is 24.5 Å². The first-order chi connectivity index (χ1) is 13.3. The minimum atomic E-state index is -0.947. The molecule has 0 aliphatic heterocycles. The van der Waals surface area contributed by atoms with Crippen molar-refractivity contribution in [3.8, 4) is 0 Å². The van der Waals surface area contributed by atoms with Gasteiger partial charge in [-0.3, -0.25) is 14.4 Å². The van der Waals surface area contributed by atoms with Gasteiger partial charge in [-0.1, -0.05) is 35.4 Å². The van der Waals surface area contributed by atoms with Crippen molar-refractivity contribution < 1.29 is 14.4 Å². The second-order valence-electron chi connectivity index (χ2n) is 6.25. The maximum absolute atomic E-state index is 12.0. The van der Waals surface area contributed by atoms with Gasteiger partial charge in [-0.25, -0.2) is 5.43 Å². The molecule has 2 aromatic rings. The fraction of sp³-hybridized carbons (Fsp3) is 0.200. The highest BCUT2D eigenvalue weighted by atomic mass is 35.5. The second-order valence-corrected chi connectivity index (χ2v) is 6.65. The molecule has 3 amide bonds. The van der Waals surface area contributed by atoms with E-state index in [-0.39, 0.29) is 12.3 Å². The van der Waals surface area contributed by atoms with E-state index in [1.807, 2.05) is 19.1 Å². The highest BCUT2D eigenvalue weighted by Crippen LogP contribution is 2.22. The van der Waals surface area contributed by atoms with Crippen LogP contribution in [0.15, 0.2) is 47.6 Å². The van der Waals surface area contributed by atoms with Crippen molar-refractivity contribution in [2.24, 2.45) is 5.10 Å². The fourth-order valence-corrected chi connectivity index (χ4v) is 2.41. The van der Waals surface area contributed by atoms with Crippen LogP contribution in [0.5, 0.6) is 0 Å². The summed E-state index contributed by atoms with van der Waals surface area (Å²) in [6, 6.07) is 12.3. The molecule has 2 aromatic carbocycles. The molecule has 0 fully saturated rings. The lowest BCUT2D eigenvalue weighted by Crippen LogP contribution is -2.33. The summed E-state index contributed by atoms with van der Waals surface area (Å²) in [5, 5.41) is 9.47. The summed E-state index contributed by atoms with van der Waals surface area (Å²) >= 11 is 5.98. The number of hydrogen-bond acceptors (Lipinski definition) is 4. The third-order valence-corrected chi connectivity index (χ3v) is 4.23. The zero-order valence-electron chi connectivity index (χ0n) is 15.8. The molecule has 8 heteroatoms. The van der Waals surface area contributed by atoms with E-state index >= 15 is 0 Å². The lowest BCUT2D eigenvalue weighted by molar-refractivity contribution is -0.136. The quantitative estimate of drug-likeness (QED) is 0.407. The average molecular weight is 401 g/mol. The molecule has 0 heterocycles. The summed E-state index contributed by atoms with van der Waals surface area (Å²) in [6.45, 7) is 5.26. The Morgan fingerprint density at radius 2 is 1.64 bits per heavy atom. The minimum Gasteiger partial charge on any atom is -0.326 e. The molecule has 146 valence electrons. The van der Waals surface area contributed by atoms with Crippen LogP contribution >= 0.6 is 11.6 Å². The number of hydrogen-bond donors (Lipinski definition) is 3. The number of carbonyl (C=O) groups excluding carboxylic acids is 3. The molecule has 2 rings (SSSR count). The number of anilines is 2. The van der Waals surface area contributed by atoms with Gasteiger partial charge >= 0.3 is 11.8 Å². The van der Waals surface area contributed by atoms with Crippen molar-refractivity contribution in [2.75, 3.05) is 10.6 Å². The molecule has 0 radical (unpaired) electrons. The predicted molar refractivity (Wildman–Crippen MR) is 110 cm³/mol. The van der Waals surface area contributed by atoms with Crippen molar-refractivity contribution in [2.45, 2.75) is 27.2 Å². The zero-order chi connectivity index (χ0) is 20.7. The Morgan fingerprint density at radius 3 is 2.32 bits per heavy atom. The van der Waals surface area contributed by atoms with Crippen molar-refractivity contribution in [3.63, 3.8) is 0 Å². The molecule has 28 heavy (non-hydrogen) atoms. The first-order valence-corrected chi connectivity index (χ1v) is 8.90. The largest absolute Gasteiger partial charge is 0.329 e. The topological polar surface area (TPSA) is 99.7 Å². The van der Waals surface area contributed by atoms with E-state index in [0.717, 1.165) is 5.56 Å². The number of amides is 3. The van der Waals surface area contributed by atoms with Crippen LogP contribution < -0.4 is 16.1 Å². The summed E-state index contributed by atoms with van der Waals surface area (Å²) in [5.74, 6) is -2.11. The Labute approximate surface area is 168 Å². The van der Waals surface area contributed by atoms with E-state index in [1.165, 1.54) is 0 Å². The van der Waals surface area contributed by atoms with Crippen LogP contribution in [0.25, 0.3) is 0 Å². The third kappa shape index (κ3) is 6.21. The highest BCUT2D eigenvalue weighted by molar-refractivity contribution is 6.40. The van der Waals surface area contributed by atoms with Gasteiger partial charge in [-0.15, -0.1) is 0 Å². The van der Waals surface area contributed by atoms with E-state index < -0.39 is 11.8 Å². The van der Waals surface area contributed by atoms with Gasteiger partial charge in [0.2, 0.25) is 5.91 Å². The van der Waals surface area contributed by atoms with Gasteiger partial charge < -0.3 is 10.6 Å². The van der Waals surface area contributed by atoms with Crippen LogP contribution in [0.2, 0.25) is 5.02 Å². The predicted octanol–water partition coefficient (Wildman–Crippen LogP) is 3.42. The van der Waals surface area contributed by atoms with Gasteiger partial charge in [0, 0.05) is 22.1 Å². The van der Waals surface area contributed by atoms with Gasteiger partial charge in [0.15, 0.2) is 0 Å². The highest BCUT2D eigenvalue weighted by Gasteiger charge is 2.15. The number of halogens is 1.